The van der Waals surface area contributed by atoms with E-state index in [1.54, 1.807) is 12.3 Å². The molecule has 0 aliphatic carbocycles. The first-order valence-corrected chi connectivity index (χ1v) is 10.2. The predicted octanol–water partition coefficient (Wildman–Crippen LogP) is 2.97. The predicted molar refractivity (Wildman–Crippen MR) is 111 cm³/mol. The van der Waals surface area contributed by atoms with E-state index in [0.29, 0.717) is 44.3 Å². The van der Waals surface area contributed by atoms with Gasteiger partial charge in [0.1, 0.15) is 12.5 Å². The van der Waals surface area contributed by atoms with Crippen LogP contribution < -0.4 is 11.1 Å². The van der Waals surface area contributed by atoms with Crippen molar-refractivity contribution in [1.29, 1.82) is 0 Å². The van der Waals surface area contributed by atoms with Crippen LogP contribution in [0.1, 0.15) is 12.8 Å². The molecule has 3 aromatic rings. The van der Waals surface area contributed by atoms with Gasteiger partial charge >= 0.3 is 5.76 Å². The quantitative estimate of drug-likeness (QED) is 0.632. The summed E-state index contributed by atoms with van der Waals surface area (Å²) in [4.78, 5) is 30.9. The van der Waals surface area contributed by atoms with Crippen LogP contribution in [0.5, 0.6) is 0 Å². The molecule has 1 aromatic carbocycles. The van der Waals surface area contributed by atoms with Gasteiger partial charge in [0.25, 0.3) is 0 Å². The number of hydrogen-bond donors (Lipinski definition) is 1. The highest BCUT2D eigenvalue weighted by Crippen LogP contribution is 2.20. The zero-order valence-electron chi connectivity index (χ0n) is 15.6. The minimum Gasteiger partial charge on any atom is -0.388 e. The lowest BCUT2D eigenvalue weighted by atomic mass is 9.96. The third kappa shape index (κ3) is 4.80. The molecule has 0 saturated carbocycles. The molecule has 150 valence electrons. The molecular formula is C20H20BrN5O3. The van der Waals surface area contributed by atoms with Gasteiger partial charge in [0, 0.05) is 35.2 Å². The molecule has 2 aromatic heterocycles. The maximum Gasteiger partial charge on any atom is 0.438 e. The SMILES string of the molecule is O=C(Nc1ccc(Br)cn1)C1CCN(Cn2nc(-c3ccccc3)oc2=O)CC1. The fraction of sp³-hybridized carbons (Fsp3) is 0.300. The number of piperidine rings is 1. The Morgan fingerprint density at radius 3 is 2.62 bits per heavy atom. The lowest BCUT2D eigenvalue weighted by molar-refractivity contribution is -0.121. The van der Waals surface area contributed by atoms with Crippen molar-refractivity contribution in [3.8, 4) is 11.5 Å². The molecule has 0 atom stereocenters. The van der Waals surface area contributed by atoms with Crippen molar-refractivity contribution >= 4 is 27.7 Å². The molecule has 0 bridgehead atoms. The highest BCUT2D eigenvalue weighted by atomic mass is 79.9. The third-order valence-corrected chi connectivity index (χ3v) is 5.37. The van der Waals surface area contributed by atoms with E-state index in [1.165, 1.54) is 4.68 Å². The van der Waals surface area contributed by atoms with Crippen molar-refractivity contribution in [3.63, 3.8) is 0 Å². The van der Waals surface area contributed by atoms with E-state index >= 15 is 0 Å². The maximum absolute atomic E-state index is 12.5. The van der Waals surface area contributed by atoms with Gasteiger partial charge in [-0.2, -0.15) is 4.68 Å². The molecule has 0 spiro atoms. The van der Waals surface area contributed by atoms with Gasteiger partial charge in [-0.15, -0.1) is 5.10 Å². The first kappa shape index (κ1) is 19.5. The Hall–Kier alpha value is -2.78. The van der Waals surface area contributed by atoms with E-state index in [9.17, 15) is 9.59 Å². The lowest BCUT2D eigenvalue weighted by Crippen LogP contribution is -2.40. The van der Waals surface area contributed by atoms with Gasteiger partial charge < -0.3 is 9.73 Å². The Kier molecular flexibility index (Phi) is 5.86. The number of rotatable bonds is 5. The van der Waals surface area contributed by atoms with E-state index < -0.39 is 5.76 Å². The summed E-state index contributed by atoms with van der Waals surface area (Å²) in [5.74, 6) is 0.273. The molecule has 1 amide bonds. The molecule has 29 heavy (non-hydrogen) atoms. The molecule has 1 saturated heterocycles. The van der Waals surface area contributed by atoms with Crippen molar-refractivity contribution in [2.24, 2.45) is 5.92 Å². The van der Waals surface area contributed by atoms with Crippen LogP contribution in [0, 0.1) is 5.92 Å². The molecule has 1 aliphatic rings. The molecule has 0 unspecified atom stereocenters. The van der Waals surface area contributed by atoms with Gasteiger partial charge in [0.05, 0.1) is 0 Å². The number of pyridine rings is 1. The average Bonchev–Trinajstić information content (AvgIpc) is 3.11. The molecule has 1 N–H and O–H groups in total. The fourth-order valence-corrected chi connectivity index (χ4v) is 3.53. The number of benzene rings is 1. The van der Waals surface area contributed by atoms with Crippen LogP contribution in [0.25, 0.3) is 11.5 Å². The monoisotopic (exact) mass is 457 g/mol. The zero-order valence-corrected chi connectivity index (χ0v) is 17.2. The molecule has 4 rings (SSSR count). The Bertz CT molecular complexity index is 1020. The molecule has 1 fully saturated rings. The minimum atomic E-state index is -0.481. The fourth-order valence-electron chi connectivity index (χ4n) is 3.30. The van der Waals surface area contributed by atoms with E-state index in [1.807, 2.05) is 36.4 Å². The van der Waals surface area contributed by atoms with E-state index in [2.05, 4.69) is 36.2 Å². The summed E-state index contributed by atoms with van der Waals surface area (Å²) in [5, 5.41) is 7.16. The van der Waals surface area contributed by atoms with Crippen LogP contribution in [-0.2, 0) is 11.5 Å². The largest absolute Gasteiger partial charge is 0.438 e. The highest BCUT2D eigenvalue weighted by Gasteiger charge is 2.26. The van der Waals surface area contributed by atoms with Gasteiger partial charge in [0.15, 0.2) is 0 Å². The van der Waals surface area contributed by atoms with Crippen molar-refractivity contribution < 1.29 is 9.21 Å². The van der Waals surface area contributed by atoms with Crippen LogP contribution in [-0.4, -0.2) is 38.7 Å². The Morgan fingerprint density at radius 1 is 1.17 bits per heavy atom. The van der Waals surface area contributed by atoms with Crippen LogP contribution in [0.3, 0.4) is 0 Å². The summed E-state index contributed by atoms with van der Waals surface area (Å²) >= 11 is 3.33. The number of carbonyl (C=O) groups is 1. The van der Waals surface area contributed by atoms with Gasteiger partial charge in [-0.1, -0.05) is 18.2 Å². The van der Waals surface area contributed by atoms with Crippen molar-refractivity contribution in [1.82, 2.24) is 19.7 Å². The van der Waals surface area contributed by atoms with E-state index in [4.69, 9.17) is 4.42 Å². The number of carbonyl (C=O) groups excluding carboxylic acids is 1. The normalized spacial score (nSPS) is 15.3. The number of amides is 1. The average molecular weight is 458 g/mol. The second kappa shape index (κ2) is 8.71. The number of likely N-dealkylation sites (tertiary alicyclic amines) is 1. The van der Waals surface area contributed by atoms with Crippen molar-refractivity contribution in [3.05, 3.63) is 63.7 Å². The van der Waals surface area contributed by atoms with Gasteiger partial charge in [-0.05, 0) is 53.0 Å². The second-order valence-electron chi connectivity index (χ2n) is 6.92. The van der Waals surface area contributed by atoms with Crippen LogP contribution >= 0.6 is 15.9 Å². The van der Waals surface area contributed by atoms with Gasteiger partial charge in [-0.25, -0.2) is 9.78 Å². The Balaban J connectivity index is 1.32. The van der Waals surface area contributed by atoms with Crippen LogP contribution in [0.4, 0.5) is 5.82 Å². The molecule has 8 nitrogen and oxygen atoms in total. The molecule has 3 heterocycles. The number of nitrogens with zero attached hydrogens (tertiary/aromatic N) is 4. The maximum atomic E-state index is 12.5. The standard InChI is InChI=1S/C20H20BrN5O3/c21-16-6-7-17(22-12-16)23-18(27)14-8-10-25(11-9-14)13-26-20(28)29-19(24-26)15-4-2-1-3-5-15/h1-7,12,14H,8-11,13H2,(H,22,23,27). The zero-order chi connectivity index (χ0) is 20.2. The minimum absolute atomic E-state index is 0.0237. The van der Waals surface area contributed by atoms with E-state index in [-0.39, 0.29) is 11.8 Å². The number of halogens is 1. The summed E-state index contributed by atoms with van der Waals surface area (Å²) in [5.41, 5.74) is 0.764. The van der Waals surface area contributed by atoms with Crippen molar-refractivity contribution in [2.75, 3.05) is 18.4 Å². The summed E-state index contributed by atoms with van der Waals surface area (Å²) in [6.07, 6.45) is 3.07. The number of hydrogen-bond acceptors (Lipinski definition) is 6. The lowest BCUT2D eigenvalue weighted by Gasteiger charge is -2.30. The smallest absolute Gasteiger partial charge is 0.388 e. The van der Waals surface area contributed by atoms with E-state index in [0.717, 1.165) is 10.0 Å². The topological polar surface area (TPSA) is 93.3 Å². The first-order chi connectivity index (χ1) is 14.1. The third-order valence-electron chi connectivity index (χ3n) is 4.90. The van der Waals surface area contributed by atoms with Gasteiger partial charge in [-0.3, -0.25) is 9.69 Å². The summed E-state index contributed by atoms with van der Waals surface area (Å²) in [6.45, 7) is 1.75. The Labute approximate surface area is 175 Å². The molecule has 0 radical (unpaired) electrons. The summed E-state index contributed by atoms with van der Waals surface area (Å²) in [7, 11) is 0. The second-order valence-corrected chi connectivity index (χ2v) is 7.84. The van der Waals surface area contributed by atoms with Crippen LogP contribution in [0.15, 0.2) is 62.3 Å². The highest BCUT2D eigenvalue weighted by molar-refractivity contribution is 9.10. The van der Waals surface area contributed by atoms with Crippen molar-refractivity contribution in [2.45, 2.75) is 19.5 Å². The number of nitrogens with one attached hydrogen (secondary N) is 1. The first-order valence-electron chi connectivity index (χ1n) is 9.36. The molecule has 1 aliphatic heterocycles. The summed E-state index contributed by atoms with van der Waals surface area (Å²) < 4.78 is 7.46. The summed E-state index contributed by atoms with van der Waals surface area (Å²) in [6, 6.07) is 12.9. The molecular weight excluding hydrogens is 438 g/mol. The van der Waals surface area contributed by atoms with Crippen LogP contribution in [0.2, 0.25) is 0 Å². The number of anilines is 1. The van der Waals surface area contributed by atoms with Gasteiger partial charge in [0.2, 0.25) is 11.8 Å². The molecule has 9 heteroatoms. The number of aromatic nitrogens is 3. The Morgan fingerprint density at radius 2 is 1.93 bits per heavy atom.